The first-order valence-electron chi connectivity index (χ1n) is 6.99. The lowest BCUT2D eigenvalue weighted by Crippen LogP contribution is -2.31. The minimum Gasteiger partial charge on any atom is -0.335 e. The molecule has 0 aliphatic carbocycles. The van der Waals surface area contributed by atoms with Gasteiger partial charge in [-0.15, -0.1) is 10.2 Å². The summed E-state index contributed by atoms with van der Waals surface area (Å²) in [5.41, 5.74) is 0.847. The van der Waals surface area contributed by atoms with E-state index in [9.17, 15) is 9.59 Å². The van der Waals surface area contributed by atoms with Crippen molar-refractivity contribution in [3.05, 3.63) is 28.7 Å². The molecule has 7 nitrogen and oxygen atoms in total. The van der Waals surface area contributed by atoms with Crippen LogP contribution < -0.4 is 5.84 Å². The maximum Gasteiger partial charge on any atom is 0.229 e. The van der Waals surface area contributed by atoms with E-state index < -0.39 is 0 Å². The highest BCUT2D eigenvalue weighted by molar-refractivity contribution is 9.10. The van der Waals surface area contributed by atoms with Crippen LogP contribution in [0.15, 0.2) is 33.9 Å². The molecule has 2 heterocycles. The summed E-state index contributed by atoms with van der Waals surface area (Å²) < 4.78 is 2.29. The Morgan fingerprint density at radius 2 is 1.87 bits per heavy atom. The number of aromatic nitrogens is 3. The van der Waals surface area contributed by atoms with Crippen LogP contribution in [0.1, 0.15) is 12.8 Å². The number of carbonyl (C=O) groups is 2. The van der Waals surface area contributed by atoms with Crippen LogP contribution in [-0.2, 0) is 9.59 Å². The van der Waals surface area contributed by atoms with Crippen molar-refractivity contribution in [2.24, 2.45) is 0 Å². The monoisotopic (exact) mass is 395 g/mol. The van der Waals surface area contributed by atoms with Crippen molar-refractivity contribution < 1.29 is 9.59 Å². The number of imide groups is 1. The van der Waals surface area contributed by atoms with Gasteiger partial charge in [0, 0.05) is 35.2 Å². The zero-order valence-corrected chi connectivity index (χ0v) is 14.5. The number of rotatable bonds is 5. The minimum atomic E-state index is -0.112. The number of hydrogen-bond donors (Lipinski definition) is 1. The standard InChI is InChI=1S/C14H14BrN5O2S/c15-10-4-2-1-3-9(10)13-17-18-14(20(13)16)23-8-7-19-11(21)5-6-12(19)22/h1-4H,5-8,16H2. The van der Waals surface area contributed by atoms with Crippen LogP contribution in [0, 0.1) is 0 Å². The topological polar surface area (TPSA) is 94.1 Å². The van der Waals surface area contributed by atoms with E-state index in [0.29, 0.717) is 36.1 Å². The average Bonchev–Trinajstić information content (AvgIpc) is 3.05. The molecule has 0 atom stereocenters. The number of likely N-dealkylation sites (tertiary alicyclic amines) is 1. The largest absolute Gasteiger partial charge is 0.335 e. The van der Waals surface area contributed by atoms with Crippen molar-refractivity contribution in [1.29, 1.82) is 0 Å². The smallest absolute Gasteiger partial charge is 0.229 e. The number of hydrogen-bond acceptors (Lipinski definition) is 6. The zero-order chi connectivity index (χ0) is 16.4. The van der Waals surface area contributed by atoms with Gasteiger partial charge in [0.1, 0.15) is 0 Å². The Bertz CT molecular complexity index is 747. The van der Waals surface area contributed by atoms with Gasteiger partial charge in [-0.3, -0.25) is 14.5 Å². The Kier molecular flexibility index (Phi) is 4.67. The second-order valence-corrected chi connectivity index (χ2v) is 6.86. The molecule has 1 aromatic carbocycles. The van der Waals surface area contributed by atoms with Gasteiger partial charge in [0.2, 0.25) is 17.0 Å². The van der Waals surface area contributed by atoms with E-state index in [0.717, 1.165) is 10.0 Å². The third-order valence-corrected chi connectivity index (χ3v) is 5.09. The molecule has 0 saturated carbocycles. The van der Waals surface area contributed by atoms with Gasteiger partial charge in [0.15, 0.2) is 5.82 Å². The van der Waals surface area contributed by atoms with Crippen molar-refractivity contribution >= 4 is 39.5 Å². The Balaban J connectivity index is 1.67. The van der Waals surface area contributed by atoms with Crippen LogP contribution in [0.5, 0.6) is 0 Å². The van der Waals surface area contributed by atoms with Gasteiger partial charge in [-0.1, -0.05) is 39.8 Å². The summed E-state index contributed by atoms with van der Waals surface area (Å²) in [6, 6.07) is 7.60. The van der Waals surface area contributed by atoms with E-state index in [1.807, 2.05) is 24.3 Å². The number of thioether (sulfide) groups is 1. The summed E-state index contributed by atoms with van der Waals surface area (Å²) >= 11 is 4.82. The van der Waals surface area contributed by atoms with Gasteiger partial charge in [-0.25, -0.2) is 4.68 Å². The van der Waals surface area contributed by atoms with Crippen molar-refractivity contribution in [3.63, 3.8) is 0 Å². The molecule has 0 bridgehead atoms. The van der Waals surface area contributed by atoms with E-state index in [1.54, 1.807) is 0 Å². The SMILES string of the molecule is Nn1c(SCCN2C(=O)CCC2=O)nnc1-c1ccccc1Br. The summed E-state index contributed by atoms with van der Waals surface area (Å²) in [5.74, 6) is 6.91. The highest BCUT2D eigenvalue weighted by atomic mass is 79.9. The Hall–Kier alpha value is -1.87. The summed E-state index contributed by atoms with van der Waals surface area (Å²) in [4.78, 5) is 24.4. The van der Waals surface area contributed by atoms with Gasteiger partial charge in [-0.05, 0) is 12.1 Å². The molecule has 2 N–H and O–H groups in total. The normalized spacial score (nSPS) is 14.7. The molecule has 9 heteroatoms. The number of benzene rings is 1. The van der Waals surface area contributed by atoms with Crippen LogP contribution in [0.25, 0.3) is 11.4 Å². The van der Waals surface area contributed by atoms with Gasteiger partial charge in [-0.2, -0.15) is 0 Å². The quantitative estimate of drug-likeness (QED) is 0.469. The van der Waals surface area contributed by atoms with Crippen LogP contribution in [0.4, 0.5) is 0 Å². The fourth-order valence-corrected chi connectivity index (χ4v) is 3.54. The molecule has 2 amide bonds. The van der Waals surface area contributed by atoms with Crippen molar-refractivity contribution in [2.45, 2.75) is 18.0 Å². The third kappa shape index (κ3) is 3.25. The van der Waals surface area contributed by atoms with E-state index in [1.165, 1.54) is 21.3 Å². The van der Waals surface area contributed by atoms with E-state index in [-0.39, 0.29) is 11.8 Å². The molecule has 0 spiro atoms. The van der Waals surface area contributed by atoms with E-state index in [2.05, 4.69) is 26.1 Å². The first-order valence-corrected chi connectivity index (χ1v) is 8.77. The molecular weight excluding hydrogens is 382 g/mol. The fourth-order valence-electron chi connectivity index (χ4n) is 2.30. The molecule has 1 fully saturated rings. The van der Waals surface area contributed by atoms with Gasteiger partial charge in [0.25, 0.3) is 0 Å². The molecular formula is C14H14BrN5O2S. The van der Waals surface area contributed by atoms with Crippen LogP contribution in [0.3, 0.4) is 0 Å². The Morgan fingerprint density at radius 1 is 1.17 bits per heavy atom. The number of halogens is 1. The van der Waals surface area contributed by atoms with E-state index in [4.69, 9.17) is 5.84 Å². The lowest BCUT2D eigenvalue weighted by atomic mass is 10.2. The van der Waals surface area contributed by atoms with Gasteiger partial charge >= 0.3 is 0 Å². The fraction of sp³-hybridized carbons (Fsp3) is 0.286. The third-order valence-electron chi connectivity index (χ3n) is 3.48. The number of nitrogens with zero attached hydrogens (tertiary/aromatic N) is 4. The number of nitrogens with two attached hydrogens (primary N) is 1. The van der Waals surface area contributed by atoms with Crippen molar-refractivity contribution in [2.75, 3.05) is 18.1 Å². The molecule has 0 unspecified atom stereocenters. The molecule has 0 radical (unpaired) electrons. The molecule has 1 aliphatic heterocycles. The van der Waals surface area contributed by atoms with Crippen molar-refractivity contribution in [3.8, 4) is 11.4 Å². The molecule has 120 valence electrons. The first-order chi connectivity index (χ1) is 11.1. The summed E-state index contributed by atoms with van der Waals surface area (Å²) in [6.45, 7) is 0.361. The predicted molar refractivity (Wildman–Crippen MR) is 90.0 cm³/mol. The lowest BCUT2D eigenvalue weighted by Gasteiger charge is -2.12. The molecule has 23 heavy (non-hydrogen) atoms. The first kappa shape index (κ1) is 16.0. The zero-order valence-electron chi connectivity index (χ0n) is 12.1. The predicted octanol–water partition coefficient (Wildman–Crippen LogP) is 1.66. The highest BCUT2D eigenvalue weighted by Crippen LogP contribution is 2.28. The second kappa shape index (κ2) is 6.71. The lowest BCUT2D eigenvalue weighted by molar-refractivity contribution is -0.137. The average molecular weight is 396 g/mol. The molecule has 3 rings (SSSR count). The number of amides is 2. The molecule has 2 aromatic rings. The molecule has 1 saturated heterocycles. The number of carbonyl (C=O) groups excluding carboxylic acids is 2. The number of nitrogen functional groups attached to an aromatic ring is 1. The van der Waals surface area contributed by atoms with Gasteiger partial charge < -0.3 is 5.84 Å². The van der Waals surface area contributed by atoms with E-state index >= 15 is 0 Å². The summed E-state index contributed by atoms with van der Waals surface area (Å²) in [7, 11) is 0. The van der Waals surface area contributed by atoms with Gasteiger partial charge in [0.05, 0.1) is 0 Å². The van der Waals surface area contributed by atoms with Crippen LogP contribution in [-0.4, -0.2) is 43.9 Å². The maximum atomic E-state index is 11.6. The highest BCUT2D eigenvalue weighted by Gasteiger charge is 2.28. The molecule has 1 aliphatic rings. The van der Waals surface area contributed by atoms with Crippen LogP contribution in [0.2, 0.25) is 0 Å². The Labute approximate surface area is 145 Å². The summed E-state index contributed by atoms with van der Waals surface area (Å²) in [6.07, 6.45) is 0.617. The molecule has 1 aromatic heterocycles. The second-order valence-electron chi connectivity index (χ2n) is 4.94. The minimum absolute atomic E-state index is 0.112. The summed E-state index contributed by atoms with van der Waals surface area (Å²) in [5, 5.41) is 8.73. The van der Waals surface area contributed by atoms with Crippen molar-refractivity contribution in [1.82, 2.24) is 19.8 Å². The maximum absolute atomic E-state index is 11.6. The van der Waals surface area contributed by atoms with Crippen LogP contribution >= 0.6 is 27.7 Å². The Morgan fingerprint density at radius 3 is 2.57 bits per heavy atom.